The van der Waals surface area contributed by atoms with E-state index >= 15 is 0 Å². The fourth-order valence-corrected chi connectivity index (χ4v) is 1.47. The molecule has 0 amide bonds. The lowest BCUT2D eigenvalue weighted by molar-refractivity contribution is 1.04. The van der Waals surface area contributed by atoms with E-state index < -0.39 is 0 Å². The number of imidazole rings is 1. The highest BCUT2D eigenvalue weighted by Gasteiger charge is 1.97. The molecule has 0 aliphatic heterocycles. The van der Waals surface area contributed by atoms with E-state index in [1.807, 2.05) is 29.8 Å². The van der Waals surface area contributed by atoms with E-state index in [0.29, 0.717) is 0 Å². The van der Waals surface area contributed by atoms with Gasteiger partial charge in [0, 0.05) is 12.4 Å². The molecule has 2 rings (SSSR count). The van der Waals surface area contributed by atoms with Crippen molar-refractivity contribution in [2.45, 2.75) is 6.92 Å². The van der Waals surface area contributed by atoms with Gasteiger partial charge in [-0.3, -0.25) is 0 Å². The molecule has 0 atom stereocenters. The zero-order valence-electron chi connectivity index (χ0n) is 7.11. The number of aryl methyl sites for hydroxylation is 1. The Morgan fingerprint density at radius 2 is 2.23 bits per heavy atom. The molecule has 4 heteroatoms. The van der Waals surface area contributed by atoms with Crippen LogP contribution in [0.15, 0.2) is 35.5 Å². The number of hydrogen-bond donors (Lipinski definition) is 0. The SMILES string of the molecule is Cc1cn(-c2ccnc(Br)c2)cn1. The number of pyridine rings is 1. The Morgan fingerprint density at radius 1 is 1.38 bits per heavy atom. The van der Waals surface area contributed by atoms with Gasteiger partial charge in [0.2, 0.25) is 0 Å². The van der Waals surface area contributed by atoms with Crippen LogP contribution in [0.25, 0.3) is 5.69 Å². The van der Waals surface area contributed by atoms with Crippen LogP contribution in [0, 0.1) is 6.92 Å². The maximum Gasteiger partial charge on any atom is 0.108 e. The van der Waals surface area contributed by atoms with E-state index in [2.05, 4.69) is 25.9 Å². The van der Waals surface area contributed by atoms with Crippen LogP contribution in [0.4, 0.5) is 0 Å². The molecular formula is C9H8BrN3. The van der Waals surface area contributed by atoms with Crippen molar-refractivity contribution in [3.8, 4) is 5.69 Å². The molecule has 0 spiro atoms. The van der Waals surface area contributed by atoms with Gasteiger partial charge in [-0.1, -0.05) is 0 Å². The molecule has 66 valence electrons. The Kier molecular flexibility index (Phi) is 2.14. The summed E-state index contributed by atoms with van der Waals surface area (Å²) in [6, 6.07) is 3.88. The van der Waals surface area contributed by atoms with Crippen molar-refractivity contribution >= 4 is 15.9 Å². The van der Waals surface area contributed by atoms with Crippen LogP contribution in [0.1, 0.15) is 5.69 Å². The highest BCUT2D eigenvalue weighted by atomic mass is 79.9. The highest BCUT2D eigenvalue weighted by molar-refractivity contribution is 9.10. The van der Waals surface area contributed by atoms with Crippen molar-refractivity contribution in [3.05, 3.63) is 41.2 Å². The number of aromatic nitrogens is 3. The standard InChI is InChI=1S/C9H8BrN3/c1-7-5-13(6-12-7)8-2-3-11-9(10)4-8/h2-6H,1H3. The molecule has 2 aromatic heterocycles. The molecule has 0 aliphatic carbocycles. The Labute approximate surface area is 84.6 Å². The summed E-state index contributed by atoms with van der Waals surface area (Å²) in [5, 5.41) is 0. The first-order valence-electron chi connectivity index (χ1n) is 3.88. The van der Waals surface area contributed by atoms with Gasteiger partial charge in [0.15, 0.2) is 0 Å². The quantitative estimate of drug-likeness (QED) is 0.714. The topological polar surface area (TPSA) is 30.7 Å². The van der Waals surface area contributed by atoms with E-state index in [9.17, 15) is 0 Å². The Morgan fingerprint density at radius 3 is 2.85 bits per heavy atom. The summed E-state index contributed by atoms with van der Waals surface area (Å²) in [4.78, 5) is 8.20. The summed E-state index contributed by atoms with van der Waals surface area (Å²) >= 11 is 3.32. The van der Waals surface area contributed by atoms with Crippen molar-refractivity contribution in [1.82, 2.24) is 14.5 Å². The molecule has 3 nitrogen and oxygen atoms in total. The van der Waals surface area contributed by atoms with Crippen LogP contribution in [0.3, 0.4) is 0 Å². The van der Waals surface area contributed by atoms with Gasteiger partial charge < -0.3 is 4.57 Å². The molecule has 0 saturated carbocycles. The number of halogens is 1. The Balaban J connectivity index is 2.46. The van der Waals surface area contributed by atoms with Crippen LogP contribution < -0.4 is 0 Å². The second-order valence-electron chi connectivity index (χ2n) is 2.76. The third-order valence-electron chi connectivity index (χ3n) is 1.72. The molecular weight excluding hydrogens is 230 g/mol. The van der Waals surface area contributed by atoms with E-state index in [0.717, 1.165) is 16.0 Å². The van der Waals surface area contributed by atoms with Gasteiger partial charge in [0.05, 0.1) is 17.7 Å². The average molecular weight is 238 g/mol. The van der Waals surface area contributed by atoms with Crippen molar-refractivity contribution in [2.75, 3.05) is 0 Å². The van der Waals surface area contributed by atoms with Crippen molar-refractivity contribution in [1.29, 1.82) is 0 Å². The summed E-state index contributed by atoms with van der Waals surface area (Å²) in [6.45, 7) is 1.97. The summed E-state index contributed by atoms with van der Waals surface area (Å²) in [5.74, 6) is 0. The average Bonchev–Trinajstić information content (AvgIpc) is 2.52. The Bertz CT molecular complexity index is 422. The smallest absolute Gasteiger partial charge is 0.108 e. The first kappa shape index (κ1) is 8.44. The fraction of sp³-hybridized carbons (Fsp3) is 0.111. The van der Waals surface area contributed by atoms with Gasteiger partial charge in [-0.05, 0) is 35.0 Å². The maximum absolute atomic E-state index is 4.15. The van der Waals surface area contributed by atoms with Crippen LogP contribution in [0.2, 0.25) is 0 Å². The van der Waals surface area contributed by atoms with Crippen LogP contribution >= 0.6 is 15.9 Å². The predicted octanol–water partition coefficient (Wildman–Crippen LogP) is 2.34. The highest BCUT2D eigenvalue weighted by Crippen LogP contribution is 2.12. The summed E-state index contributed by atoms with van der Waals surface area (Å²) in [6.07, 6.45) is 5.52. The molecule has 0 saturated heterocycles. The van der Waals surface area contributed by atoms with Gasteiger partial charge in [0.1, 0.15) is 4.60 Å². The van der Waals surface area contributed by atoms with Gasteiger partial charge in [-0.15, -0.1) is 0 Å². The van der Waals surface area contributed by atoms with Gasteiger partial charge in [-0.25, -0.2) is 9.97 Å². The van der Waals surface area contributed by atoms with Crippen LogP contribution in [-0.4, -0.2) is 14.5 Å². The van der Waals surface area contributed by atoms with Crippen molar-refractivity contribution < 1.29 is 0 Å². The fourth-order valence-electron chi connectivity index (χ4n) is 1.12. The number of nitrogens with zero attached hydrogens (tertiary/aromatic N) is 3. The molecule has 0 bridgehead atoms. The molecule has 2 heterocycles. The summed E-state index contributed by atoms with van der Waals surface area (Å²) < 4.78 is 2.79. The van der Waals surface area contributed by atoms with Crippen molar-refractivity contribution in [2.24, 2.45) is 0 Å². The number of hydrogen-bond acceptors (Lipinski definition) is 2. The van der Waals surface area contributed by atoms with E-state index in [-0.39, 0.29) is 0 Å². The Hall–Kier alpha value is -1.16. The zero-order chi connectivity index (χ0) is 9.26. The summed E-state index contributed by atoms with van der Waals surface area (Å²) in [5.41, 5.74) is 2.07. The zero-order valence-corrected chi connectivity index (χ0v) is 8.69. The molecule has 0 N–H and O–H groups in total. The molecule has 0 aromatic carbocycles. The van der Waals surface area contributed by atoms with Gasteiger partial charge in [0.25, 0.3) is 0 Å². The minimum atomic E-state index is 0.830. The second-order valence-corrected chi connectivity index (χ2v) is 3.57. The molecule has 0 aliphatic rings. The van der Waals surface area contributed by atoms with Gasteiger partial charge >= 0.3 is 0 Å². The van der Waals surface area contributed by atoms with Gasteiger partial charge in [-0.2, -0.15) is 0 Å². The lowest BCUT2D eigenvalue weighted by atomic mass is 10.4. The van der Waals surface area contributed by atoms with E-state index in [4.69, 9.17) is 0 Å². The van der Waals surface area contributed by atoms with E-state index in [1.54, 1.807) is 12.5 Å². The molecule has 0 radical (unpaired) electrons. The normalized spacial score (nSPS) is 10.3. The van der Waals surface area contributed by atoms with Crippen LogP contribution in [-0.2, 0) is 0 Å². The minimum absolute atomic E-state index is 0.830. The molecule has 2 aromatic rings. The maximum atomic E-state index is 4.15. The molecule has 13 heavy (non-hydrogen) atoms. The second kappa shape index (κ2) is 3.30. The largest absolute Gasteiger partial charge is 0.306 e. The lowest BCUT2D eigenvalue weighted by Crippen LogP contribution is -1.90. The number of rotatable bonds is 1. The van der Waals surface area contributed by atoms with Crippen LogP contribution in [0.5, 0.6) is 0 Å². The molecule has 0 fully saturated rings. The first-order chi connectivity index (χ1) is 6.25. The third-order valence-corrected chi connectivity index (χ3v) is 2.15. The third kappa shape index (κ3) is 1.78. The summed E-state index contributed by atoms with van der Waals surface area (Å²) in [7, 11) is 0. The molecule has 0 unspecified atom stereocenters. The predicted molar refractivity (Wildman–Crippen MR) is 53.8 cm³/mol. The first-order valence-corrected chi connectivity index (χ1v) is 4.67. The lowest BCUT2D eigenvalue weighted by Gasteiger charge is -2.00. The minimum Gasteiger partial charge on any atom is -0.306 e. The monoisotopic (exact) mass is 237 g/mol. The van der Waals surface area contributed by atoms with Crippen molar-refractivity contribution in [3.63, 3.8) is 0 Å². The van der Waals surface area contributed by atoms with E-state index in [1.165, 1.54) is 0 Å².